The van der Waals surface area contributed by atoms with Gasteiger partial charge in [0.05, 0.1) is 27.4 Å². The van der Waals surface area contributed by atoms with E-state index in [1.807, 2.05) is 36.4 Å². The second kappa shape index (κ2) is 5.77. The van der Waals surface area contributed by atoms with E-state index in [0.717, 1.165) is 24.5 Å². The molecule has 0 amide bonds. The van der Waals surface area contributed by atoms with Gasteiger partial charge in [-0.15, -0.1) is 16.4 Å². The molecule has 7 heteroatoms. The molecule has 1 unspecified atom stereocenters. The van der Waals surface area contributed by atoms with Gasteiger partial charge in [0.25, 0.3) is 0 Å². The predicted molar refractivity (Wildman–Crippen MR) is 87.1 cm³/mol. The fourth-order valence-electron chi connectivity index (χ4n) is 1.89. The molecule has 0 bridgehead atoms. The first-order chi connectivity index (χ1) is 9.66. The van der Waals surface area contributed by atoms with E-state index in [1.165, 1.54) is 0 Å². The lowest BCUT2D eigenvalue weighted by Gasteiger charge is -2.11. The Morgan fingerprint density at radius 2 is 1.95 bits per heavy atom. The van der Waals surface area contributed by atoms with Gasteiger partial charge in [-0.1, -0.05) is 23.4 Å². The van der Waals surface area contributed by atoms with Crippen molar-refractivity contribution >= 4 is 43.2 Å². The summed E-state index contributed by atoms with van der Waals surface area (Å²) in [7, 11) is 0. The molecule has 0 aliphatic rings. The number of hydrogen-bond donors (Lipinski definition) is 1. The maximum atomic E-state index is 6.35. The fraction of sp³-hybridized carbons (Fsp3) is 0.0769. The lowest BCUT2D eigenvalue weighted by atomic mass is 10.2. The lowest BCUT2D eigenvalue weighted by molar-refractivity contribution is 0.725. The summed E-state index contributed by atoms with van der Waals surface area (Å²) in [6, 6.07) is 11.6. The SMILES string of the molecule is NC(c1cc(Br)c(Br)s1)c1cnnn1-c1ccccc1. The zero-order valence-corrected chi connectivity index (χ0v) is 14.2. The van der Waals surface area contributed by atoms with Gasteiger partial charge in [0.1, 0.15) is 0 Å². The largest absolute Gasteiger partial charge is 0.318 e. The first kappa shape index (κ1) is 13.9. The number of hydrogen-bond acceptors (Lipinski definition) is 4. The molecule has 0 saturated carbocycles. The summed E-state index contributed by atoms with van der Waals surface area (Å²) in [5.74, 6) is 0. The number of thiophene rings is 1. The molecule has 2 N–H and O–H groups in total. The molecule has 102 valence electrons. The van der Waals surface area contributed by atoms with Crippen molar-refractivity contribution in [3.63, 3.8) is 0 Å². The number of benzene rings is 1. The first-order valence-corrected chi connectivity index (χ1v) is 8.23. The molecule has 1 atom stereocenters. The van der Waals surface area contributed by atoms with Crippen molar-refractivity contribution in [2.24, 2.45) is 5.73 Å². The topological polar surface area (TPSA) is 56.7 Å². The van der Waals surface area contributed by atoms with Crippen LogP contribution in [0.2, 0.25) is 0 Å². The summed E-state index contributed by atoms with van der Waals surface area (Å²) < 4.78 is 3.81. The van der Waals surface area contributed by atoms with E-state index in [4.69, 9.17) is 5.73 Å². The van der Waals surface area contributed by atoms with E-state index in [2.05, 4.69) is 42.2 Å². The van der Waals surface area contributed by atoms with Gasteiger partial charge in [0, 0.05) is 9.35 Å². The molecule has 0 spiro atoms. The zero-order valence-electron chi connectivity index (χ0n) is 10.2. The van der Waals surface area contributed by atoms with E-state index < -0.39 is 0 Å². The van der Waals surface area contributed by atoms with Crippen LogP contribution in [-0.2, 0) is 0 Å². The number of aromatic nitrogens is 3. The third-order valence-electron chi connectivity index (χ3n) is 2.87. The summed E-state index contributed by atoms with van der Waals surface area (Å²) in [6.45, 7) is 0. The minimum atomic E-state index is -0.266. The van der Waals surface area contributed by atoms with Crippen LogP contribution < -0.4 is 5.73 Å². The summed E-state index contributed by atoms with van der Waals surface area (Å²) in [6.07, 6.45) is 1.71. The maximum Gasteiger partial charge on any atom is 0.0866 e. The highest BCUT2D eigenvalue weighted by atomic mass is 79.9. The summed E-state index contributed by atoms with van der Waals surface area (Å²) >= 11 is 8.57. The Morgan fingerprint density at radius 1 is 1.20 bits per heavy atom. The lowest BCUT2D eigenvalue weighted by Crippen LogP contribution is -2.15. The van der Waals surface area contributed by atoms with Crippen molar-refractivity contribution in [1.29, 1.82) is 0 Å². The molecule has 0 saturated heterocycles. The second-order valence-electron chi connectivity index (χ2n) is 4.15. The molecule has 2 aromatic heterocycles. The smallest absolute Gasteiger partial charge is 0.0866 e. The van der Waals surface area contributed by atoms with Crippen LogP contribution in [0.3, 0.4) is 0 Å². The van der Waals surface area contributed by atoms with Crippen LogP contribution >= 0.6 is 43.2 Å². The Morgan fingerprint density at radius 3 is 2.60 bits per heavy atom. The highest BCUT2D eigenvalue weighted by molar-refractivity contribution is 9.13. The highest BCUT2D eigenvalue weighted by Crippen LogP contribution is 2.36. The molecule has 0 aliphatic carbocycles. The monoisotopic (exact) mass is 412 g/mol. The van der Waals surface area contributed by atoms with Crippen molar-refractivity contribution < 1.29 is 0 Å². The highest BCUT2D eigenvalue weighted by Gasteiger charge is 2.19. The molecule has 1 aromatic carbocycles. The Balaban J connectivity index is 2.01. The van der Waals surface area contributed by atoms with Gasteiger partial charge in [0.2, 0.25) is 0 Å². The summed E-state index contributed by atoms with van der Waals surface area (Å²) in [5.41, 5.74) is 8.16. The van der Waals surface area contributed by atoms with Gasteiger partial charge in [-0.2, -0.15) is 0 Å². The third-order valence-corrected chi connectivity index (χ3v) is 6.21. The molecule has 2 heterocycles. The van der Waals surface area contributed by atoms with Crippen molar-refractivity contribution in [3.05, 3.63) is 61.4 Å². The van der Waals surface area contributed by atoms with E-state index in [9.17, 15) is 0 Å². The van der Waals surface area contributed by atoms with Gasteiger partial charge in [0.15, 0.2) is 0 Å². The fourth-order valence-corrected chi connectivity index (χ4v) is 3.99. The quantitative estimate of drug-likeness (QED) is 0.708. The van der Waals surface area contributed by atoms with Crippen LogP contribution in [0, 0.1) is 0 Å². The van der Waals surface area contributed by atoms with Gasteiger partial charge in [-0.25, -0.2) is 4.68 Å². The zero-order chi connectivity index (χ0) is 14.1. The van der Waals surface area contributed by atoms with Crippen molar-refractivity contribution in [3.8, 4) is 5.69 Å². The number of halogens is 2. The Labute approximate surface area is 136 Å². The molecule has 3 aromatic rings. The Kier molecular flexibility index (Phi) is 4.02. The number of nitrogens with zero attached hydrogens (tertiary/aromatic N) is 3. The molecule has 3 rings (SSSR count). The van der Waals surface area contributed by atoms with Crippen molar-refractivity contribution in [2.45, 2.75) is 6.04 Å². The first-order valence-electron chi connectivity index (χ1n) is 5.83. The van der Waals surface area contributed by atoms with E-state index >= 15 is 0 Å². The van der Waals surface area contributed by atoms with Crippen LogP contribution in [0.25, 0.3) is 5.69 Å². The molecule has 0 radical (unpaired) electrons. The van der Waals surface area contributed by atoms with Crippen LogP contribution in [0.4, 0.5) is 0 Å². The molecular formula is C13H10Br2N4S. The van der Waals surface area contributed by atoms with E-state index in [-0.39, 0.29) is 6.04 Å². The summed E-state index contributed by atoms with van der Waals surface area (Å²) in [5, 5.41) is 8.12. The molecular weight excluding hydrogens is 404 g/mol. The molecule has 4 nitrogen and oxygen atoms in total. The average molecular weight is 414 g/mol. The standard InChI is InChI=1S/C13H10Br2N4S/c14-9-6-11(20-13(9)15)12(16)10-7-17-18-19(10)8-4-2-1-3-5-8/h1-7,12H,16H2. The average Bonchev–Trinajstić information content (AvgIpc) is 3.07. The Hall–Kier alpha value is -1.02. The second-order valence-corrected chi connectivity index (χ2v) is 7.41. The van der Waals surface area contributed by atoms with Gasteiger partial charge >= 0.3 is 0 Å². The summed E-state index contributed by atoms with van der Waals surface area (Å²) in [4.78, 5) is 1.04. The van der Waals surface area contributed by atoms with Crippen molar-refractivity contribution in [1.82, 2.24) is 15.0 Å². The molecule has 0 fully saturated rings. The third kappa shape index (κ3) is 2.58. The molecule has 0 aliphatic heterocycles. The van der Waals surface area contributed by atoms with Crippen LogP contribution in [0.5, 0.6) is 0 Å². The van der Waals surface area contributed by atoms with Gasteiger partial charge < -0.3 is 5.73 Å². The van der Waals surface area contributed by atoms with Gasteiger partial charge in [-0.05, 0) is 50.1 Å². The Bertz CT molecular complexity index is 704. The van der Waals surface area contributed by atoms with Crippen LogP contribution in [0.15, 0.2) is 50.9 Å². The van der Waals surface area contributed by atoms with Crippen LogP contribution in [0.1, 0.15) is 16.6 Å². The van der Waals surface area contributed by atoms with E-state index in [0.29, 0.717) is 0 Å². The number of para-hydroxylation sites is 1. The predicted octanol–water partition coefficient (Wildman–Crippen LogP) is 3.90. The number of rotatable bonds is 3. The maximum absolute atomic E-state index is 6.35. The van der Waals surface area contributed by atoms with Crippen molar-refractivity contribution in [2.75, 3.05) is 0 Å². The normalized spacial score (nSPS) is 12.6. The van der Waals surface area contributed by atoms with Crippen LogP contribution in [-0.4, -0.2) is 15.0 Å². The number of nitrogens with two attached hydrogens (primary N) is 1. The van der Waals surface area contributed by atoms with Gasteiger partial charge in [-0.3, -0.25) is 0 Å². The van der Waals surface area contributed by atoms with E-state index in [1.54, 1.807) is 22.2 Å². The minimum Gasteiger partial charge on any atom is -0.318 e. The minimum absolute atomic E-state index is 0.266. The molecule has 20 heavy (non-hydrogen) atoms.